The van der Waals surface area contributed by atoms with Gasteiger partial charge in [0.25, 0.3) is 5.91 Å². The molecule has 0 aromatic heterocycles. The van der Waals surface area contributed by atoms with Crippen molar-refractivity contribution in [1.29, 1.82) is 0 Å². The van der Waals surface area contributed by atoms with Gasteiger partial charge in [-0.25, -0.2) is 0 Å². The number of methoxy groups -OCH3 is 1. The van der Waals surface area contributed by atoms with E-state index >= 15 is 0 Å². The molecule has 82 valence electrons. The van der Waals surface area contributed by atoms with Crippen molar-refractivity contribution in [2.75, 3.05) is 20.7 Å². The van der Waals surface area contributed by atoms with Gasteiger partial charge in [-0.2, -0.15) is 0 Å². The molecule has 0 saturated heterocycles. The van der Waals surface area contributed by atoms with Crippen molar-refractivity contribution in [2.24, 2.45) is 0 Å². The first-order valence-electron chi connectivity index (χ1n) is 4.52. The van der Waals surface area contributed by atoms with Crippen molar-refractivity contribution in [2.45, 2.75) is 25.9 Å². The molecule has 0 fully saturated rings. The molecule has 0 saturated carbocycles. The molecule has 0 bridgehead atoms. The van der Waals surface area contributed by atoms with E-state index in [9.17, 15) is 9.59 Å². The van der Waals surface area contributed by atoms with E-state index in [1.807, 2.05) is 6.92 Å². The number of likely N-dealkylation sites (N-methyl/N-ethyl adjacent to an activating group) is 1. The molecule has 1 atom stereocenters. The second-order valence-corrected chi connectivity index (χ2v) is 3.04. The summed E-state index contributed by atoms with van der Waals surface area (Å²) in [5.41, 5.74) is 0. The predicted octanol–water partition coefficient (Wildman–Crippen LogP) is 0.344. The van der Waals surface area contributed by atoms with E-state index in [-0.39, 0.29) is 18.9 Å². The average Bonchev–Trinajstić information content (AvgIpc) is 2.15. The van der Waals surface area contributed by atoms with E-state index in [4.69, 9.17) is 9.84 Å². The van der Waals surface area contributed by atoms with Gasteiger partial charge in [0, 0.05) is 20.7 Å². The number of rotatable bonds is 6. The van der Waals surface area contributed by atoms with Crippen molar-refractivity contribution in [3.8, 4) is 0 Å². The number of carboxylic acid groups (broad SMARTS) is 1. The van der Waals surface area contributed by atoms with Crippen molar-refractivity contribution >= 4 is 11.9 Å². The molecule has 0 aliphatic carbocycles. The highest BCUT2D eigenvalue weighted by Crippen LogP contribution is 2.01. The maximum Gasteiger partial charge on any atom is 0.305 e. The predicted molar refractivity (Wildman–Crippen MR) is 51.0 cm³/mol. The summed E-state index contributed by atoms with van der Waals surface area (Å²) in [5.74, 6) is -1.08. The third kappa shape index (κ3) is 4.23. The van der Waals surface area contributed by atoms with Crippen molar-refractivity contribution in [3.63, 3.8) is 0 Å². The highest BCUT2D eigenvalue weighted by atomic mass is 16.5. The number of hydrogen-bond donors (Lipinski definition) is 1. The number of aliphatic carboxylic acids is 1. The fraction of sp³-hybridized carbons (Fsp3) is 0.778. The SMILES string of the molecule is CCC(OC)C(=O)N(C)CCC(=O)O. The maximum absolute atomic E-state index is 11.5. The van der Waals surface area contributed by atoms with Crippen LogP contribution in [0.1, 0.15) is 19.8 Å². The van der Waals surface area contributed by atoms with Crippen molar-refractivity contribution < 1.29 is 19.4 Å². The van der Waals surface area contributed by atoms with Gasteiger partial charge in [-0.1, -0.05) is 6.92 Å². The Hall–Kier alpha value is -1.10. The van der Waals surface area contributed by atoms with Gasteiger partial charge >= 0.3 is 5.97 Å². The number of carbonyl (C=O) groups is 2. The van der Waals surface area contributed by atoms with Gasteiger partial charge in [-0.05, 0) is 6.42 Å². The highest BCUT2D eigenvalue weighted by molar-refractivity contribution is 5.81. The summed E-state index contributed by atoms with van der Waals surface area (Å²) in [6.07, 6.45) is 0.0866. The Morgan fingerprint density at radius 1 is 1.50 bits per heavy atom. The minimum Gasteiger partial charge on any atom is -0.481 e. The standard InChI is InChI=1S/C9H17NO4/c1-4-7(14-3)9(13)10(2)6-5-8(11)12/h7H,4-6H2,1-3H3,(H,11,12). The Kier molecular flexibility index (Phi) is 5.87. The number of hydrogen-bond acceptors (Lipinski definition) is 3. The summed E-state index contributed by atoms with van der Waals surface area (Å²) >= 11 is 0. The minimum atomic E-state index is -0.907. The molecule has 1 amide bonds. The molecular formula is C9H17NO4. The van der Waals surface area contributed by atoms with E-state index < -0.39 is 12.1 Å². The van der Waals surface area contributed by atoms with Crippen LogP contribution < -0.4 is 0 Å². The lowest BCUT2D eigenvalue weighted by Gasteiger charge is -2.21. The number of ether oxygens (including phenoxy) is 1. The van der Waals surface area contributed by atoms with E-state index in [1.165, 1.54) is 12.0 Å². The molecule has 14 heavy (non-hydrogen) atoms. The van der Waals surface area contributed by atoms with Crippen LogP contribution in [0.15, 0.2) is 0 Å². The van der Waals surface area contributed by atoms with E-state index in [2.05, 4.69) is 0 Å². The smallest absolute Gasteiger partial charge is 0.305 e. The van der Waals surface area contributed by atoms with Gasteiger partial charge in [-0.15, -0.1) is 0 Å². The quantitative estimate of drug-likeness (QED) is 0.676. The normalized spacial score (nSPS) is 12.2. The molecule has 0 aliphatic heterocycles. The lowest BCUT2D eigenvalue weighted by atomic mass is 10.2. The van der Waals surface area contributed by atoms with Gasteiger partial charge < -0.3 is 14.7 Å². The van der Waals surface area contributed by atoms with Gasteiger partial charge in [0.2, 0.25) is 0 Å². The first kappa shape index (κ1) is 12.9. The van der Waals surface area contributed by atoms with Crippen LogP contribution in [-0.4, -0.2) is 48.7 Å². The van der Waals surface area contributed by atoms with Gasteiger partial charge in [0.05, 0.1) is 6.42 Å². The monoisotopic (exact) mass is 203 g/mol. The number of carboxylic acids is 1. The third-order valence-electron chi connectivity index (χ3n) is 1.97. The zero-order valence-corrected chi connectivity index (χ0v) is 8.82. The summed E-state index contributed by atoms with van der Waals surface area (Å²) in [4.78, 5) is 23.2. The zero-order valence-electron chi connectivity index (χ0n) is 8.82. The van der Waals surface area contributed by atoms with Crippen LogP contribution in [0.3, 0.4) is 0 Å². The van der Waals surface area contributed by atoms with Crippen molar-refractivity contribution in [3.05, 3.63) is 0 Å². The molecule has 0 spiro atoms. The van der Waals surface area contributed by atoms with Crippen LogP contribution in [0.4, 0.5) is 0 Å². The third-order valence-corrected chi connectivity index (χ3v) is 1.97. The van der Waals surface area contributed by atoms with Gasteiger partial charge in [0.1, 0.15) is 6.10 Å². The fourth-order valence-corrected chi connectivity index (χ4v) is 1.06. The molecular weight excluding hydrogens is 186 g/mol. The Balaban J connectivity index is 4.03. The highest BCUT2D eigenvalue weighted by Gasteiger charge is 2.19. The van der Waals surface area contributed by atoms with Crippen LogP contribution in [0.2, 0.25) is 0 Å². The number of carbonyl (C=O) groups excluding carboxylic acids is 1. The average molecular weight is 203 g/mol. The zero-order chi connectivity index (χ0) is 11.1. The molecule has 0 aromatic carbocycles. The summed E-state index contributed by atoms with van der Waals surface area (Å²) in [6, 6.07) is 0. The van der Waals surface area contributed by atoms with Crippen LogP contribution in [0.25, 0.3) is 0 Å². The Morgan fingerprint density at radius 3 is 2.43 bits per heavy atom. The fourth-order valence-electron chi connectivity index (χ4n) is 1.06. The molecule has 0 radical (unpaired) electrons. The lowest BCUT2D eigenvalue weighted by molar-refractivity contribution is -0.142. The Morgan fingerprint density at radius 2 is 2.07 bits per heavy atom. The van der Waals surface area contributed by atoms with E-state index in [1.54, 1.807) is 7.05 Å². The number of nitrogens with zero attached hydrogens (tertiary/aromatic N) is 1. The van der Waals surface area contributed by atoms with Crippen LogP contribution in [-0.2, 0) is 14.3 Å². The Labute approximate surface area is 83.6 Å². The number of amides is 1. The van der Waals surface area contributed by atoms with E-state index in [0.717, 1.165) is 0 Å². The van der Waals surface area contributed by atoms with Gasteiger partial charge in [0.15, 0.2) is 0 Å². The molecule has 5 heteroatoms. The molecule has 1 N–H and O–H groups in total. The first-order chi connectivity index (χ1) is 6.52. The minimum absolute atomic E-state index is 0.0393. The van der Waals surface area contributed by atoms with Crippen molar-refractivity contribution in [1.82, 2.24) is 4.90 Å². The van der Waals surface area contributed by atoms with Crippen LogP contribution in [0.5, 0.6) is 0 Å². The maximum atomic E-state index is 11.5. The van der Waals surface area contributed by atoms with E-state index in [0.29, 0.717) is 6.42 Å². The molecule has 0 aliphatic rings. The summed E-state index contributed by atoms with van der Waals surface area (Å²) < 4.78 is 4.95. The first-order valence-corrected chi connectivity index (χ1v) is 4.52. The molecule has 5 nitrogen and oxygen atoms in total. The molecule has 0 aromatic rings. The molecule has 0 heterocycles. The summed E-state index contributed by atoms with van der Waals surface area (Å²) in [6.45, 7) is 2.06. The molecule has 0 rings (SSSR count). The second kappa shape index (κ2) is 6.37. The van der Waals surface area contributed by atoms with Crippen LogP contribution in [0, 0.1) is 0 Å². The largest absolute Gasteiger partial charge is 0.481 e. The summed E-state index contributed by atoms with van der Waals surface area (Å²) in [5, 5.41) is 8.43. The lowest BCUT2D eigenvalue weighted by Crippen LogP contribution is -2.38. The molecule has 1 unspecified atom stereocenters. The summed E-state index contributed by atoms with van der Waals surface area (Å²) in [7, 11) is 3.05. The second-order valence-electron chi connectivity index (χ2n) is 3.04. The topological polar surface area (TPSA) is 66.8 Å². The van der Waals surface area contributed by atoms with Gasteiger partial charge in [-0.3, -0.25) is 9.59 Å². The van der Waals surface area contributed by atoms with Crippen LogP contribution >= 0.6 is 0 Å². The Bertz CT molecular complexity index is 201.